The minimum atomic E-state index is -1.50. The molecule has 0 aromatic carbocycles. The SMILES string of the molecule is CC#CC#CC#CC#CC#CC#CC#CC#CC#CC#CC#CC#CC(=O)N[C@@H](CCC1OC(CO)C(O)C(O)C1O)[C@H](C)[C@@H](O)CCCCCCCCCCCCCC. The Hall–Kier alpha value is -6.05. The molecule has 1 amide bonds. The molecule has 0 spiro atoms. The van der Waals surface area contributed by atoms with Crippen LogP contribution in [0.3, 0.4) is 0 Å². The first-order valence-electron chi connectivity index (χ1n) is 20.5. The zero-order valence-corrected chi connectivity index (χ0v) is 35.0. The molecular formula is C52H55NO7. The number of ether oxygens (including phenoxy) is 1. The van der Waals surface area contributed by atoms with Crippen molar-refractivity contribution in [2.75, 3.05) is 6.61 Å². The molecule has 5 unspecified atom stereocenters. The molecule has 0 bridgehead atoms. The van der Waals surface area contributed by atoms with Gasteiger partial charge in [-0.2, -0.15) is 0 Å². The molecule has 60 heavy (non-hydrogen) atoms. The van der Waals surface area contributed by atoms with E-state index in [2.05, 4.69) is 154 Å². The van der Waals surface area contributed by atoms with Gasteiger partial charge in [0.2, 0.25) is 0 Å². The number of unbranched alkanes of at least 4 members (excludes halogenated alkanes) is 11. The maximum absolute atomic E-state index is 12.8. The summed E-state index contributed by atoms with van der Waals surface area (Å²) >= 11 is 0. The summed E-state index contributed by atoms with van der Waals surface area (Å²) in [6.07, 6.45) is 8.50. The molecule has 310 valence electrons. The quantitative estimate of drug-likeness (QED) is 0.0822. The number of nitrogens with one attached hydrogen (secondary N) is 1. The van der Waals surface area contributed by atoms with Gasteiger partial charge in [-0.1, -0.05) is 96.8 Å². The van der Waals surface area contributed by atoms with Gasteiger partial charge in [-0.3, -0.25) is 4.79 Å². The Morgan fingerprint density at radius 3 is 1.35 bits per heavy atom. The van der Waals surface area contributed by atoms with Crippen LogP contribution in [0.4, 0.5) is 0 Å². The normalized spacial score (nSPS) is 17.8. The van der Waals surface area contributed by atoms with Crippen molar-refractivity contribution in [1.82, 2.24) is 5.32 Å². The number of amides is 1. The summed E-state index contributed by atoms with van der Waals surface area (Å²) in [5, 5.41) is 54.5. The second-order valence-corrected chi connectivity index (χ2v) is 13.8. The van der Waals surface area contributed by atoms with E-state index in [1.54, 1.807) is 6.92 Å². The van der Waals surface area contributed by atoms with Gasteiger partial charge in [0.05, 0.1) is 18.8 Å². The van der Waals surface area contributed by atoms with E-state index in [1.165, 1.54) is 57.8 Å². The summed E-state index contributed by atoms with van der Waals surface area (Å²) in [6.45, 7) is 5.22. The summed E-state index contributed by atoms with van der Waals surface area (Å²) < 4.78 is 5.67. The molecule has 0 aromatic rings. The molecular weight excluding hydrogens is 751 g/mol. The van der Waals surface area contributed by atoms with Crippen molar-refractivity contribution in [3.63, 3.8) is 0 Å². The van der Waals surface area contributed by atoms with E-state index in [9.17, 15) is 30.3 Å². The molecule has 0 saturated carbocycles. The second kappa shape index (κ2) is 36.1. The zero-order valence-electron chi connectivity index (χ0n) is 35.0. The Labute approximate surface area is 359 Å². The lowest BCUT2D eigenvalue weighted by molar-refractivity contribution is -0.230. The summed E-state index contributed by atoms with van der Waals surface area (Å²) in [7, 11) is 0. The molecule has 0 aromatic heterocycles. The fourth-order valence-electron chi connectivity index (χ4n) is 5.93. The maximum Gasteiger partial charge on any atom is 0.297 e. The molecule has 1 rings (SSSR count). The zero-order chi connectivity index (χ0) is 43.9. The highest BCUT2D eigenvalue weighted by molar-refractivity contribution is 5.94. The van der Waals surface area contributed by atoms with E-state index in [0.29, 0.717) is 6.42 Å². The van der Waals surface area contributed by atoms with Crippen molar-refractivity contribution in [3.8, 4) is 142 Å². The molecule has 1 aliphatic heterocycles. The summed E-state index contributed by atoms with van der Waals surface area (Å²) in [6, 6.07) is -0.565. The number of rotatable bonds is 20. The van der Waals surface area contributed by atoms with E-state index in [4.69, 9.17) is 4.74 Å². The third-order valence-electron chi connectivity index (χ3n) is 9.28. The molecule has 1 saturated heterocycles. The van der Waals surface area contributed by atoms with Gasteiger partial charge in [0.15, 0.2) is 0 Å². The highest BCUT2D eigenvalue weighted by Crippen LogP contribution is 2.27. The van der Waals surface area contributed by atoms with E-state index in [1.807, 2.05) is 6.92 Å². The van der Waals surface area contributed by atoms with Gasteiger partial charge in [0, 0.05) is 53.4 Å². The molecule has 8 atom stereocenters. The number of hydrogen-bond donors (Lipinski definition) is 6. The van der Waals surface area contributed by atoms with E-state index >= 15 is 0 Å². The topological polar surface area (TPSA) is 139 Å². The predicted molar refractivity (Wildman–Crippen MR) is 235 cm³/mol. The van der Waals surface area contributed by atoms with Gasteiger partial charge in [-0.25, -0.2) is 0 Å². The standard InChI is InChI=1S/C52H55NO7/c1-4-6-8-10-12-14-16-18-19-20-21-22-23-24-25-26-27-28-30-32-34-36-38-40-49(56)53-45(41-42-47-50(57)52(59)51(58)48(43-54)60-47)44(3)46(55)39-37-35-33-31-29-17-15-13-11-9-7-5-2/h44-48,50-52,54-55,57-59H,5,7,9,11,13,15,17,29,31,33,35,37,39,41-43H2,1-3H3,(H,53,56)/t44-,45-,46-,47?,48?,50?,51?,52?/m0/s1. The predicted octanol–water partition coefficient (Wildman–Crippen LogP) is 3.24. The number of carbonyl (C=O) groups excluding carboxylic acids is 1. The third kappa shape index (κ3) is 26.1. The van der Waals surface area contributed by atoms with E-state index in [0.717, 1.165) is 19.3 Å². The smallest absolute Gasteiger partial charge is 0.297 e. The maximum atomic E-state index is 12.8. The first kappa shape index (κ1) is 52.0. The first-order chi connectivity index (χ1) is 29.3. The summed E-state index contributed by atoms with van der Waals surface area (Å²) in [5.74, 6) is 59.2. The molecule has 0 radical (unpaired) electrons. The third-order valence-corrected chi connectivity index (χ3v) is 9.28. The summed E-state index contributed by atoms with van der Waals surface area (Å²) in [4.78, 5) is 12.8. The molecule has 6 N–H and O–H groups in total. The van der Waals surface area contributed by atoms with Crippen LogP contribution < -0.4 is 5.32 Å². The number of carbonyl (C=O) groups is 1. The fourth-order valence-corrected chi connectivity index (χ4v) is 5.93. The molecule has 8 nitrogen and oxygen atoms in total. The average molecular weight is 806 g/mol. The van der Waals surface area contributed by atoms with Gasteiger partial charge >= 0.3 is 0 Å². The molecule has 1 aliphatic rings. The minimum Gasteiger partial charge on any atom is -0.394 e. The van der Waals surface area contributed by atoms with Crippen LogP contribution in [0.15, 0.2) is 0 Å². The van der Waals surface area contributed by atoms with Crippen molar-refractivity contribution in [2.24, 2.45) is 5.92 Å². The Morgan fingerprint density at radius 2 is 0.933 bits per heavy atom. The monoisotopic (exact) mass is 805 g/mol. The van der Waals surface area contributed by atoms with Crippen LogP contribution >= 0.6 is 0 Å². The molecule has 1 fully saturated rings. The lowest BCUT2D eigenvalue weighted by Crippen LogP contribution is -2.58. The molecule has 8 heteroatoms. The Morgan fingerprint density at radius 1 is 0.550 bits per heavy atom. The van der Waals surface area contributed by atoms with Crippen LogP contribution in [0.2, 0.25) is 0 Å². The van der Waals surface area contributed by atoms with Crippen molar-refractivity contribution >= 4 is 5.91 Å². The van der Waals surface area contributed by atoms with Crippen LogP contribution in [0, 0.1) is 148 Å². The van der Waals surface area contributed by atoms with E-state index < -0.39 is 55.2 Å². The number of aliphatic hydroxyl groups excluding tert-OH is 5. The number of hydrogen-bond acceptors (Lipinski definition) is 7. The number of aliphatic hydroxyl groups is 5. The van der Waals surface area contributed by atoms with Crippen molar-refractivity contribution in [2.45, 2.75) is 160 Å². The first-order valence-corrected chi connectivity index (χ1v) is 20.5. The largest absolute Gasteiger partial charge is 0.394 e. The summed E-state index contributed by atoms with van der Waals surface area (Å²) in [5.41, 5.74) is 0. The van der Waals surface area contributed by atoms with Gasteiger partial charge in [-0.05, 0) is 121 Å². The van der Waals surface area contributed by atoms with Gasteiger partial charge < -0.3 is 35.6 Å². The molecule has 0 aliphatic carbocycles. The van der Waals surface area contributed by atoms with Crippen LogP contribution in [0.1, 0.15) is 117 Å². The Balaban J connectivity index is 2.73. The van der Waals surface area contributed by atoms with E-state index in [-0.39, 0.29) is 18.8 Å². The highest BCUT2D eigenvalue weighted by Gasteiger charge is 2.43. The molecule has 1 heterocycles. The lowest BCUT2D eigenvalue weighted by Gasteiger charge is -2.40. The van der Waals surface area contributed by atoms with Crippen molar-refractivity contribution in [1.29, 1.82) is 0 Å². The van der Waals surface area contributed by atoms with Gasteiger partial charge in [0.1, 0.15) is 24.4 Å². The Kier molecular flexibility index (Phi) is 31.2. The minimum absolute atomic E-state index is 0.174. The second-order valence-electron chi connectivity index (χ2n) is 13.8. The van der Waals surface area contributed by atoms with Gasteiger partial charge in [-0.15, -0.1) is 0 Å². The highest BCUT2D eigenvalue weighted by atomic mass is 16.5. The lowest BCUT2D eigenvalue weighted by atomic mass is 9.86. The van der Waals surface area contributed by atoms with Crippen molar-refractivity contribution < 1.29 is 35.1 Å². The van der Waals surface area contributed by atoms with Crippen LogP contribution in [-0.2, 0) is 9.53 Å². The van der Waals surface area contributed by atoms with Crippen LogP contribution in [0.5, 0.6) is 0 Å². The van der Waals surface area contributed by atoms with Crippen molar-refractivity contribution in [3.05, 3.63) is 0 Å². The van der Waals surface area contributed by atoms with Crippen LogP contribution in [0.25, 0.3) is 0 Å². The van der Waals surface area contributed by atoms with Gasteiger partial charge in [0.25, 0.3) is 5.91 Å². The fraction of sp³-hybridized carbons (Fsp3) is 0.519. The average Bonchev–Trinajstić information content (AvgIpc) is 3.25. The van der Waals surface area contributed by atoms with Crippen LogP contribution in [-0.4, -0.2) is 80.7 Å². The Bertz CT molecular complexity index is 2130.